The largest absolute Gasteiger partial charge is 0.347 e. The number of rotatable bonds is 5. The first-order chi connectivity index (χ1) is 8.69. The lowest BCUT2D eigenvalue weighted by molar-refractivity contribution is -0.121. The summed E-state index contributed by atoms with van der Waals surface area (Å²) in [6.07, 6.45) is 9.64. The van der Waals surface area contributed by atoms with Gasteiger partial charge in [0.2, 0.25) is 12.2 Å². The van der Waals surface area contributed by atoms with Gasteiger partial charge in [-0.15, -0.1) is 0 Å². The summed E-state index contributed by atoms with van der Waals surface area (Å²) in [5, 5.41) is 6.03. The lowest BCUT2D eigenvalue weighted by atomic mass is 9.53. The van der Waals surface area contributed by atoms with Crippen molar-refractivity contribution in [1.29, 1.82) is 0 Å². The van der Waals surface area contributed by atoms with Crippen molar-refractivity contribution < 1.29 is 9.59 Å². The van der Waals surface area contributed by atoms with Crippen molar-refractivity contribution in [2.45, 2.75) is 44.1 Å². The summed E-state index contributed by atoms with van der Waals surface area (Å²) in [6, 6.07) is 0. The van der Waals surface area contributed by atoms with Gasteiger partial charge < -0.3 is 10.6 Å². The van der Waals surface area contributed by atoms with Crippen LogP contribution in [0.5, 0.6) is 0 Å². The zero-order valence-electron chi connectivity index (χ0n) is 10.7. The summed E-state index contributed by atoms with van der Waals surface area (Å²) in [5.74, 6) is 2.56. The average molecular weight is 249 g/mol. The van der Waals surface area contributed by atoms with Crippen molar-refractivity contribution in [1.82, 2.24) is 10.6 Å². The Morgan fingerprint density at radius 2 is 1.67 bits per heavy atom. The van der Waals surface area contributed by atoms with Crippen LogP contribution in [0, 0.1) is 17.8 Å². The van der Waals surface area contributed by atoms with E-state index in [0.717, 1.165) is 17.8 Å². The van der Waals surface area contributed by atoms with E-state index in [1.807, 2.05) is 0 Å². The molecular weight excluding hydrogens is 228 g/mol. The minimum absolute atomic E-state index is 0.00138. The van der Waals surface area contributed by atoms with E-state index in [9.17, 15) is 9.59 Å². The second-order valence-electron chi connectivity index (χ2n) is 6.47. The van der Waals surface area contributed by atoms with Crippen LogP contribution >= 0.6 is 0 Å². The lowest BCUT2D eigenvalue weighted by Crippen LogP contribution is -2.59. The molecule has 18 heavy (non-hydrogen) atoms. The first kappa shape index (κ1) is 12.2. The molecule has 4 rings (SSSR count). The zero-order valence-corrected chi connectivity index (χ0v) is 10.7. The monoisotopic (exact) mass is 249 g/mol. The van der Waals surface area contributed by atoms with E-state index in [1.54, 1.807) is 6.29 Å². The van der Waals surface area contributed by atoms with E-state index in [1.165, 1.54) is 38.5 Å². The van der Waals surface area contributed by atoms with E-state index in [4.69, 9.17) is 0 Å². The molecule has 0 aliphatic heterocycles. The number of hydrogen-bond acceptors (Lipinski definition) is 3. The first-order valence-corrected chi connectivity index (χ1v) is 7.06. The lowest BCUT2D eigenvalue weighted by Gasteiger charge is -2.57. The fourth-order valence-corrected chi connectivity index (χ4v) is 4.79. The maximum absolute atomic E-state index is 11.5. The smallest absolute Gasteiger partial charge is 0.234 e. The summed E-state index contributed by atoms with van der Waals surface area (Å²) in [5.41, 5.74) is 0.219. The standard InChI is InChI=1S/C14H21N2O2/c17-2-1-15-13(18)9-16-14-6-10-3-11(7-14)5-12(4-10)8-14/h10-12,16H,1,3-9H2,(H,15,18). The predicted molar refractivity (Wildman–Crippen MR) is 67.6 cm³/mol. The number of hydrogen-bond donors (Lipinski definition) is 2. The molecule has 0 heterocycles. The third kappa shape index (κ3) is 2.30. The van der Waals surface area contributed by atoms with E-state index in [2.05, 4.69) is 10.6 Å². The molecule has 0 aromatic carbocycles. The van der Waals surface area contributed by atoms with Crippen molar-refractivity contribution in [3.63, 3.8) is 0 Å². The molecular formula is C14H21N2O2. The molecule has 1 amide bonds. The topological polar surface area (TPSA) is 58.2 Å². The second-order valence-corrected chi connectivity index (χ2v) is 6.47. The molecule has 99 valence electrons. The second kappa shape index (κ2) is 4.65. The van der Waals surface area contributed by atoms with Crippen LogP contribution in [-0.2, 0) is 9.59 Å². The van der Waals surface area contributed by atoms with Crippen LogP contribution in [0.3, 0.4) is 0 Å². The van der Waals surface area contributed by atoms with Crippen molar-refractivity contribution in [2.75, 3.05) is 13.1 Å². The Morgan fingerprint density at radius 1 is 1.11 bits per heavy atom. The first-order valence-electron chi connectivity index (χ1n) is 7.06. The molecule has 0 spiro atoms. The van der Waals surface area contributed by atoms with Crippen molar-refractivity contribution in [2.24, 2.45) is 17.8 Å². The molecule has 0 unspecified atom stereocenters. The maximum Gasteiger partial charge on any atom is 0.234 e. The van der Waals surface area contributed by atoms with Crippen LogP contribution in [-0.4, -0.2) is 30.8 Å². The number of nitrogens with one attached hydrogen (secondary N) is 2. The molecule has 4 aliphatic rings. The molecule has 4 heteroatoms. The molecule has 4 aliphatic carbocycles. The van der Waals surface area contributed by atoms with Gasteiger partial charge in [0.05, 0.1) is 13.1 Å². The van der Waals surface area contributed by atoms with Crippen LogP contribution in [0.15, 0.2) is 0 Å². The molecule has 4 bridgehead atoms. The van der Waals surface area contributed by atoms with Gasteiger partial charge >= 0.3 is 0 Å². The fourth-order valence-electron chi connectivity index (χ4n) is 4.79. The van der Waals surface area contributed by atoms with E-state index < -0.39 is 0 Å². The Bertz CT molecular complexity index is 318. The minimum Gasteiger partial charge on any atom is -0.347 e. The summed E-state index contributed by atoms with van der Waals surface area (Å²) in [6.45, 7) is 0.342. The Hall–Kier alpha value is -0.900. The van der Waals surface area contributed by atoms with Crippen LogP contribution in [0.2, 0.25) is 0 Å². The molecule has 0 atom stereocenters. The van der Waals surface area contributed by atoms with E-state index in [-0.39, 0.29) is 18.0 Å². The Morgan fingerprint density at radius 3 is 2.17 bits per heavy atom. The molecule has 0 aromatic rings. The SMILES string of the molecule is O=[C]CNC(=O)CNC12CC3CC(CC(C3)C1)C2. The highest BCUT2D eigenvalue weighted by Gasteiger charge is 2.50. The number of carbonyl (C=O) groups excluding carboxylic acids is 2. The molecule has 1 radical (unpaired) electrons. The minimum atomic E-state index is -0.0888. The van der Waals surface area contributed by atoms with Gasteiger partial charge in [-0.1, -0.05) is 0 Å². The summed E-state index contributed by atoms with van der Waals surface area (Å²) in [7, 11) is 0. The van der Waals surface area contributed by atoms with Crippen molar-refractivity contribution in [3.8, 4) is 0 Å². The van der Waals surface area contributed by atoms with Gasteiger partial charge in [0.25, 0.3) is 0 Å². The Labute approximate surface area is 108 Å². The van der Waals surface area contributed by atoms with Gasteiger partial charge in [-0.3, -0.25) is 9.59 Å². The van der Waals surface area contributed by atoms with E-state index in [0.29, 0.717) is 6.54 Å². The normalized spacial score (nSPS) is 40.8. The van der Waals surface area contributed by atoms with Gasteiger partial charge in [-0.2, -0.15) is 0 Å². The number of amides is 1. The van der Waals surface area contributed by atoms with Gasteiger partial charge in [-0.05, 0) is 56.3 Å². The summed E-state index contributed by atoms with van der Waals surface area (Å²) >= 11 is 0. The number of carbonyl (C=O) groups is 1. The molecule has 4 saturated carbocycles. The van der Waals surface area contributed by atoms with Gasteiger partial charge in [0, 0.05) is 5.54 Å². The van der Waals surface area contributed by atoms with Crippen molar-refractivity contribution >= 4 is 12.2 Å². The van der Waals surface area contributed by atoms with E-state index >= 15 is 0 Å². The highest BCUT2D eigenvalue weighted by Crippen LogP contribution is 2.55. The maximum atomic E-state index is 11.5. The van der Waals surface area contributed by atoms with Crippen LogP contribution in [0.25, 0.3) is 0 Å². The Kier molecular flexibility index (Phi) is 3.14. The zero-order chi connectivity index (χ0) is 12.6. The van der Waals surface area contributed by atoms with Crippen LogP contribution in [0.1, 0.15) is 38.5 Å². The molecule has 2 N–H and O–H groups in total. The third-order valence-electron chi connectivity index (χ3n) is 5.02. The fraction of sp³-hybridized carbons (Fsp3) is 0.857. The molecule has 0 saturated heterocycles. The molecule has 4 nitrogen and oxygen atoms in total. The summed E-state index contributed by atoms with van der Waals surface area (Å²) in [4.78, 5) is 21.6. The molecule has 0 aromatic heterocycles. The van der Waals surface area contributed by atoms with Gasteiger partial charge in [0.1, 0.15) is 0 Å². The van der Waals surface area contributed by atoms with Crippen molar-refractivity contribution in [3.05, 3.63) is 0 Å². The quantitative estimate of drug-likeness (QED) is 0.756. The van der Waals surface area contributed by atoms with Crippen LogP contribution < -0.4 is 10.6 Å². The summed E-state index contributed by atoms with van der Waals surface area (Å²) < 4.78 is 0. The highest BCUT2D eigenvalue weighted by atomic mass is 16.2. The van der Waals surface area contributed by atoms with Gasteiger partial charge in [-0.25, -0.2) is 0 Å². The Balaban J connectivity index is 1.56. The van der Waals surface area contributed by atoms with Gasteiger partial charge in [0.15, 0.2) is 0 Å². The third-order valence-corrected chi connectivity index (χ3v) is 5.02. The molecule has 4 fully saturated rings. The predicted octanol–water partition coefficient (Wildman–Crippen LogP) is 0.771. The van der Waals surface area contributed by atoms with Crippen LogP contribution in [0.4, 0.5) is 0 Å². The highest BCUT2D eigenvalue weighted by molar-refractivity contribution is 5.80. The average Bonchev–Trinajstić information content (AvgIpc) is 2.32.